The number of thiazole rings is 1. The van der Waals surface area contributed by atoms with Crippen LogP contribution >= 0.6 is 11.3 Å². The van der Waals surface area contributed by atoms with Gasteiger partial charge >= 0.3 is 6.36 Å². The van der Waals surface area contributed by atoms with E-state index in [1.807, 2.05) is 0 Å². The van der Waals surface area contributed by atoms with Gasteiger partial charge in [0.1, 0.15) is 5.75 Å². The Balaban J connectivity index is 1.43. The van der Waals surface area contributed by atoms with Gasteiger partial charge in [0.25, 0.3) is 5.91 Å². The Bertz CT molecular complexity index is 1400. The third-order valence-corrected chi connectivity index (χ3v) is 5.99. The number of aryl methyl sites for hydroxylation is 1. The van der Waals surface area contributed by atoms with Gasteiger partial charge in [0.05, 0.1) is 34.5 Å². The van der Waals surface area contributed by atoms with Gasteiger partial charge in [-0.2, -0.15) is 0 Å². The topological polar surface area (TPSA) is 103 Å². The fourth-order valence-corrected chi connectivity index (χ4v) is 4.30. The third-order valence-electron chi connectivity index (χ3n) is 5.06. The van der Waals surface area contributed by atoms with Crippen molar-refractivity contribution in [2.75, 3.05) is 32.1 Å². The quantitative estimate of drug-likeness (QED) is 0.233. The monoisotopic (exact) mass is 520 g/mol. The molecule has 1 amide bonds. The molecule has 2 heterocycles. The minimum Gasteiger partial charge on any atom is -0.406 e. The van der Waals surface area contributed by atoms with Crippen molar-refractivity contribution in [2.24, 2.45) is 12.0 Å². The molecule has 0 spiro atoms. The van der Waals surface area contributed by atoms with Crippen LogP contribution in [0.5, 0.6) is 5.75 Å². The summed E-state index contributed by atoms with van der Waals surface area (Å²) in [6.07, 6.45) is -2.27. The highest BCUT2D eigenvalue weighted by molar-refractivity contribution is 7.22. The van der Waals surface area contributed by atoms with Crippen molar-refractivity contribution in [1.29, 1.82) is 0 Å². The summed E-state index contributed by atoms with van der Waals surface area (Å²) >= 11 is 1.17. The predicted octanol–water partition coefficient (Wildman–Crippen LogP) is 4.66. The Hall–Kier alpha value is -3.71. The number of hydrogen-bond acceptors (Lipinski definition) is 8. The Kier molecular flexibility index (Phi) is 7.70. The molecule has 0 radical (unpaired) electrons. The second-order valence-electron chi connectivity index (χ2n) is 7.62. The summed E-state index contributed by atoms with van der Waals surface area (Å²) in [5, 5.41) is 6.37. The zero-order chi connectivity index (χ0) is 25.7. The second-order valence-corrected chi connectivity index (χ2v) is 8.65. The number of aromatic nitrogens is 3. The summed E-state index contributed by atoms with van der Waals surface area (Å²) in [5.74, 6) is -0.0764. The highest BCUT2D eigenvalue weighted by atomic mass is 32.1. The maximum Gasteiger partial charge on any atom is 0.573 e. The van der Waals surface area contributed by atoms with Gasteiger partial charge in [-0.1, -0.05) is 11.3 Å². The van der Waals surface area contributed by atoms with E-state index in [1.165, 1.54) is 29.5 Å². The Morgan fingerprint density at radius 3 is 2.78 bits per heavy atom. The van der Waals surface area contributed by atoms with Crippen LogP contribution in [0.4, 0.5) is 24.3 Å². The van der Waals surface area contributed by atoms with Crippen LogP contribution in [-0.2, 0) is 11.8 Å². The number of carbonyl (C=O) groups excluding carboxylic acids is 1. The average Bonchev–Trinajstić information content (AvgIpc) is 3.36. The summed E-state index contributed by atoms with van der Waals surface area (Å²) < 4.78 is 49.2. The number of carbonyl (C=O) groups is 1. The molecule has 9 nitrogen and oxygen atoms in total. The van der Waals surface area contributed by atoms with E-state index in [4.69, 9.17) is 4.74 Å². The molecule has 0 aliphatic heterocycles. The van der Waals surface area contributed by atoms with Crippen molar-refractivity contribution in [3.63, 3.8) is 0 Å². The number of anilines is 2. The molecular formula is C23H23F3N6O3S. The number of rotatable bonds is 10. The molecule has 2 N–H and O–H groups in total. The fourth-order valence-electron chi connectivity index (χ4n) is 3.41. The fraction of sp³-hybridized carbons (Fsp3) is 0.304. The maximum absolute atomic E-state index is 12.5. The second kappa shape index (κ2) is 10.9. The van der Waals surface area contributed by atoms with E-state index in [-0.39, 0.29) is 11.7 Å². The number of nitrogens with zero attached hydrogens (tertiary/aromatic N) is 4. The number of ether oxygens (including phenoxy) is 2. The van der Waals surface area contributed by atoms with E-state index in [9.17, 15) is 18.0 Å². The molecule has 0 saturated carbocycles. The van der Waals surface area contributed by atoms with Gasteiger partial charge in [0.2, 0.25) is 5.95 Å². The molecule has 0 aliphatic rings. The van der Waals surface area contributed by atoms with Gasteiger partial charge < -0.3 is 29.7 Å². The number of nitrogens with one attached hydrogen (secondary N) is 2. The number of aliphatic imine (C=N–C) groups is 1. The largest absolute Gasteiger partial charge is 0.573 e. The summed E-state index contributed by atoms with van der Waals surface area (Å²) in [7, 11) is 3.51. The van der Waals surface area contributed by atoms with E-state index in [0.29, 0.717) is 52.1 Å². The molecule has 4 rings (SSSR count). The molecule has 0 atom stereocenters. The first kappa shape index (κ1) is 25.4. The van der Waals surface area contributed by atoms with Crippen LogP contribution in [0.2, 0.25) is 0 Å². The lowest BCUT2D eigenvalue weighted by molar-refractivity contribution is -0.274. The molecule has 0 bridgehead atoms. The van der Waals surface area contributed by atoms with Crippen molar-refractivity contribution in [2.45, 2.75) is 12.8 Å². The number of alkyl halides is 3. The van der Waals surface area contributed by atoms with Crippen LogP contribution in [0.15, 0.2) is 41.4 Å². The Morgan fingerprint density at radius 1 is 1.17 bits per heavy atom. The van der Waals surface area contributed by atoms with E-state index < -0.39 is 6.36 Å². The van der Waals surface area contributed by atoms with E-state index >= 15 is 0 Å². The van der Waals surface area contributed by atoms with Crippen molar-refractivity contribution in [3.05, 3.63) is 42.0 Å². The molecule has 2 aromatic heterocycles. The minimum absolute atomic E-state index is 0.237. The number of imidazole rings is 1. The number of benzene rings is 2. The zero-order valence-corrected chi connectivity index (χ0v) is 20.2. The lowest BCUT2D eigenvalue weighted by Crippen LogP contribution is -2.27. The van der Waals surface area contributed by atoms with Crippen molar-refractivity contribution in [3.8, 4) is 5.75 Å². The summed E-state index contributed by atoms with van der Waals surface area (Å²) in [4.78, 5) is 25.3. The average molecular weight is 521 g/mol. The zero-order valence-electron chi connectivity index (χ0n) is 19.4. The predicted molar refractivity (Wildman–Crippen MR) is 132 cm³/mol. The van der Waals surface area contributed by atoms with Crippen LogP contribution in [0.25, 0.3) is 21.3 Å². The summed E-state index contributed by atoms with van der Waals surface area (Å²) in [5.41, 5.74) is 2.38. The van der Waals surface area contributed by atoms with E-state index in [2.05, 4.69) is 30.3 Å². The first-order valence-corrected chi connectivity index (χ1v) is 11.7. The van der Waals surface area contributed by atoms with Crippen LogP contribution < -0.4 is 15.4 Å². The van der Waals surface area contributed by atoms with Crippen LogP contribution in [0, 0.1) is 0 Å². The molecule has 36 heavy (non-hydrogen) atoms. The minimum atomic E-state index is -4.76. The highest BCUT2D eigenvalue weighted by Crippen LogP contribution is 2.33. The first-order valence-electron chi connectivity index (χ1n) is 10.9. The van der Waals surface area contributed by atoms with Crippen LogP contribution in [0.1, 0.15) is 16.8 Å². The smallest absolute Gasteiger partial charge is 0.406 e. The molecule has 0 aliphatic carbocycles. The Labute approximate surface area is 208 Å². The summed E-state index contributed by atoms with van der Waals surface area (Å²) in [6.45, 7) is 1.32. The van der Waals surface area contributed by atoms with Gasteiger partial charge in [-0.05, 0) is 30.3 Å². The number of amides is 1. The Morgan fingerprint density at radius 2 is 2.00 bits per heavy atom. The maximum atomic E-state index is 12.5. The van der Waals surface area contributed by atoms with Crippen LogP contribution in [0.3, 0.4) is 0 Å². The SMILES string of the molecule is CN=CCCOCCNC(=O)c1ccc2c(c1)nc(Nc1nc3ccc(OC(F)(F)F)cc3s1)n2C. The molecule has 0 saturated heterocycles. The van der Waals surface area contributed by atoms with E-state index in [1.54, 1.807) is 43.1 Å². The van der Waals surface area contributed by atoms with Gasteiger partial charge in [-0.15, -0.1) is 13.2 Å². The highest BCUT2D eigenvalue weighted by Gasteiger charge is 2.31. The van der Waals surface area contributed by atoms with Gasteiger partial charge in [0.15, 0.2) is 5.13 Å². The van der Waals surface area contributed by atoms with Gasteiger partial charge in [-0.3, -0.25) is 4.79 Å². The molecule has 13 heteroatoms. The lowest BCUT2D eigenvalue weighted by atomic mass is 10.2. The third kappa shape index (κ3) is 6.29. The van der Waals surface area contributed by atoms with Gasteiger partial charge in [-0.25, -0.2) is 9.97 Å². The van der Waals surface area contributed by atoms with E-state index in [0.717, 1.165) is 11.9 Å². The molecule has 0 unspecified atom stereocenters. The standard InChI is InChI=1S/C23H23F3N6O3S/c1-27-8-3-10-34-11-9-28-20(33)14-4-7-18-17(12-14)29-21(32(18)2)31-22-30-16-6-5-15(13-19(16)36-22)35-23(24,25)26/h4-8,12-13H,3,9-11H2,1-2H3,(H,28,33)(H,29,30,31). The lowest BCUT2D eigenvalue weighted by Gasteiger charge is -2.07. The molecule has 4 aromatic rings. The normalized spacial score (nSPS) is 12.0. The first-order chi connectivity index (χ1) is 17.2. The van der Waals surface area contributed by atoms with Crippen molar-refractivity contribution >= 4 is 55.8 Å². The summed E-state index contributed by atoms with van der Waals surface area (Å²) in [6, 6.07) is 9.16. The molecule has 190 valence electrons. The molecular weight excluding hydrogens is 497 g/mol. The van der Waals surface area contributed by atoms with Crippen molar-refractivity contribution in [1.82, 2.24) is 19.9 Å². The number of fused-ring (bicyclic) bond motifs is 2. The van der Waals surface area contributed by atoms with Crippen LogP contribution in [-0.4, -0.2) is 59.8 Å². The van der Waals surface area contributed by atoms with Crippen molar-refractivity contribution < 1.29 is 27.4 Å². The number of hydrogen-bond donors (Lipinski definition) is 2. The molecule has 2 aromatic carbocycles. The molecule has 0 fully saturated rings. The van der Waals surface area contributed by atoms with Gasteiger partial charge in [0, 0.05) is 44.9 Å². The number of halogens is 3.